The Kier molecular flexibility index (Phi) is 6.99. The lowest BCUT2D eigenvalue weighted by Crippen LogP contribution is -2.47. The fourth-order valence-electron chi connectivity index (χ4n) is 1.35. The van der Waals surface area contributed by atoms with Crippen LogP contribution in [0.5, 0.6) is 0 Å². The molecule has 1 N–H and O–H groups in total. The molecule has 0 aliphatic heterocycles. The summed E-state index contributed by atoms with van der Waals surface area (Å²) in [5.74, 6) is 0. The molecule has 0 aliphatic carbocycles. The third kappa shape index (κ3) is 7.07. The smallest absolute Gasteiger partial charge is 0.329 e. The van der Waals surface area contributed by atoms with Gasteiger partial charge in [-0.3, -0.25) is 0 Å². The second kappa shape index (κ2) is 7.40. The van der Waals surface area contributed by atoms with Crippen LogP contribution >= 0.6 is 0 Å². The predicted molar refractivity (Wildman–Crippen MR) is 60.8 cm³/mol. The number of nitrogens with one attached hydrogen (secondary N) is 1. The zero-order chi connectivity index (χ0) is 13.5. The van der Waals surface area contributed by atoms with Crippen molar-refractivity contribution in [2.24, 2.45) is 0 Å². The highest BCUT2D eigenvalue weighted by Crippen LogP contribution is 2.13. The van der Waals surface area contributed by atoms with Crippen molar-refractivity contribution in [3.63, 3.8) is 0 Å². The van der Waals surface area contributed by atoms with E-state index < -0.39 is 18.8 Å². The number of amides is 2. The highest BCUT2D eigenvalue weighted by Gasteiger charge is 2.29. The van der Waals surface area contributed by atoms with Gasteiger partial charge < -0.3 is 10.2 Å². The van der Waals surface area contributed by atoms with Gasteiger partial charge >= 0.3 is 12.2 Å². The van der Waals surface area contributed by atoms with Crippen molar-refractivity contribution in [2.45, 2.75) is 52.3 Å². The number of nitrogens with zero attached hydrogens (tertiary/aromatic N) is 1. The van der Waals surface area contributed by atoms with E-state index in [0.29, 0.717) is 6.54 Å². The number of rotatable bonds is 6. The summed E-state index contributed by atoms with van der Waals surface area (Å²) >= 11 is 0. The lowest BCUT2D eigenvalue weighted by atomic mass is 10.2. The maximum atomic E-state index is 12.0. The Morgan fingerprint density at radius 2 is 1.94 bits per heavy atom. The van der Waals surface area contributed by atoms with Crippen LogP contribution in [0, 0.1) is 0 Å². The molecule has 2 amide bonds. The summed E-state index contributed by atoms with van der Waals surface area (Å²) in [6.45, 7) is 4.94. The number of alkyl halides is 3. The van der Waals surface area contributed by atoms with Crippen LogP contribution in [0.3, 0.4) is 0 Å². The number of hydrogen-bond acceptors (Lipinski definition) is 1. The molecule has 0 radical (unpaired) electrons. The first kappa shape index (κ1) is 16.1. The first-order valence-corrected chi connectivity index (χ1v) is 5.93. The summed E-state index contributed by atoms with van der Waals surface area (Å²) in [5.41, 5.74) is 0. The minimum atomic E-state index is -4.36. The van der Waals surface area contributed by atoms with Gasteiger partial charge in [0, 0.05) is 12.6 Å². The van der Waals surface area contributed by atoms with E-state index in [1.807, 2.05) is 26.1 Å². The Hall–Kier alpha value is -0.940. The number of halogens is 3. The minimum Gasteiger partial charge on any atom is -0.329 e. The van der Waals surface area contributed by atoms with Crippen molar-refractivity contribution in [1.29, 1.82) is 0 Å². The minimum absolute atomic E-state index is 0.0465. The van der Waals surface area contributed by atoms with Gasteiger partial charge in [-0.05, 0) is 19.8 Å². The molecule has 0 aromatic carbocycles. The Morgan fingerprint density at radius 3 is 2.35 bits per heavy atom. The molecule has 3 nitrogen and oxygen atoms in total. The van der Waals surface area contributed by atoms with Crippen molar-refractivity contribution >= 4 is 6.03 Å². The fraction of sp³-hybridized carbons (Fsp3) is 0.909. The van der Waals surface area contributed by atoms with Gasteiger partial charge in [0.2, 0.25) is 0 Å². The molecule has 0 aromatic rings. The fourth-order valence-corrected chi connectivity index (χ4v) is 1.35. The maximum Gasteiger partial charge on any atom is 0.405 e. The molecule has 0 bridgehead atoms. The Morgan fingerprint density at radius 1 is 1.35 bits per heavy atom. The molecule has 0 aliphatic rings. The maximum absolute atomic E-state index is 12.0. The van der Waals surface area contributed by atoms with Gasteiger partial charge in [-0.25, -0.2) is 4.79 Å². The molecule has 0 aromatic heterocycles. The van der Waals surface area contributed by atoms with E-state index in [1.165, 1.54) is 4.90 Å². The lowest BCUT2D eigenvalue weighted by molar-refractivity contribution is -0.123. The number of hydrogen-bond donors (Lipinski definition) is 1. The van der Waals surface area contributed by atoms with Crippen LogP contribution in [0.15, 0.2) is 0 Å². The largest absolute Gasteiger partial charge is 0.405 e. The van der Waals surface area contributed by atoms with Crippen LogP contribution in [-0.2, 0) is 0 Å². The van der Waals surface area contributed by atoms with Gasteiger partial charge in [0.05, 0.1) is 0 Å². The Labute approximate surface area is 100 Å². The zero-order valence-electron chi connectivity index (χ0n) is 10.6. The number of carbonyl (C=O) groups is 1. The predicted octanol–water partition coefficient (Wildman–Crippen LogP) is 3.16. The third-order valence-corrected chi connectivity index (χ3v) is 2.58. The van der Waals surface area contributed by atoms with E-state index in [0.717, 1.165) is 19.3 Å². The second-order valence-electron chi connectivity index (χ2n) is 4.08. The standard InChI is InChI=1S/C11H21F3N2O/c1-4-6-7-16(9(3)5-2)10(17)15-8-11(12,13)14/h9H,4-8H2,1-3H3,(H,15,17). The first-order valence-electron chi connectivity index (χ1n) is 5.93. The number of urea groups is 1. The summed E-state index contributed by atoms with van der Waals surface area (Å²) in [6.07, 6.45) is -1.94. The van der Waals surface area contributed by atoms with Crippen LogP contribution in [0.4, 0.5) is 18.0 Å². The van der Waals surface area contributed by atoms with Crippen LogP contribution < -0.4 is 5.32 Å². The van der Waals surface area contributed by atoms with Gasteiger partial charge in [-0.1, -0.05) is 20.3 Å². The van der Waals surface area contributed by atoms with Crippen molar-refractivity contribution < 1.29 is 18.0 Å². The van der Waals surface area contributed by atoms with E-state index in [1.54, 1.807) is 0 Å². The third-order valence-electron chi connectivity index (χ3n) is 2.58. The summed E-state index contributed by atoms with van der Waals surface area (Å²) in [4.78, 5) is 13.1. The number of unbranched alkanes of at least 4 members (excludes halogenated alkanes) is 1. The lowest BCUT2D eigenvalue weighted by Gasteiger charge is -2.28. The summed E-state index contributed by atoms with van der Waals surface area (Å²) in [5, 5.41) is 1.91. The van der Waals surface area contributed by atoms with Crippen molar-refractivity contribution in [3.8, 4) is 0 Å². The molecular weight excluding hydrogens is 233 g/mol. The molecule has 0 saturated heterocycles. The molecule has 102 valence electrons. The molecule has 0 fully saturated rings. The average molecular weight is 254 g/mol. The molecule has 0 spiro atoms. The average Bonchev–Trinajstić information content (AvgIpc) is 2.25. The molecule has 0 saturated carbocycles. The Bertz CT molecular complexity index is 231. The molecule has 6 heteroatoms. The van der Waals surface area contributed by atoms with Crippen molar-refractivity contribution in [1.82, 2.24) is 10.2 Å². The highest BCUT2D eigenvalue weighted by atomic mass is 19.4. The summed E-state index contributed by atoms with van der Waals surface area (Å²) < 4.78 is 35.9. The Balaban J connectivity index is 4.32. The monoisotopic (exact) mass is 254 g/mol. The van der Waals surface area contributed by atoms with Gasteiger partial charge in [0.1, 0.15) is 6.54 Å². The van der Waals surface area contributed by atoms with Crippen LogP contribution in [0.2, 0.25) is 0 Å². The quantitative estimate of drug-likeness (QED) is 0.775. The van der Waals surface area contributed by atoms with E-state index >= 15 is 0 Å². The molecule has 17 heavy (non-hydrogen) atoms. The first-order chi connectivity index (χ1) is 7.81. The van der Waals surface area contributed by atoms with Crippen LogP contribution in [-0.4, -0.2) is 36.2 Å². The number of carbonyl (C=O) groups excluding carboxylic acids is 1. The van der Waals surface area contributed by atoms with Crippen molar-refractivity contribution in [3.05, 3.63) is 0 Å². The molecular formula is C11H21F3N2O. The summed E-state index contributed by atoms with van der Waals surface area (Å²) in [7, 11) is 0. The van der Waals surface area contributed by atoms with Gasteiger partial charge in [0.25, 0.3) is 0 Å². The zero-order valence-corrected chi connectivity index (χ0v) is 10.6. The molecule has 0 rings (SSSR count). The second-order valence-corrected chi connectivity index (χ2v) is 4.08. The SMILES string of the molecule is CCCCN(C(=O)NCC(F)(F)F)C(C)CC. The molecule has 1 atom stereocenters. The van der Waals surface area contributed by atoms with Gasteiger partial charge in [0.15, 0.2) is 0 Å². The normalized spacial score (nSPS) is 13.3. The van der Waals surface area contributed by atoms with Gasteiger partial charge in [-0.2, -0.15) is 13.2 Å². The summed E-state index contributed by atoms with van der Waals surface area (Å²) in [6, 6.07) is -0.681. The van der Waals surface area contributed by atoms with E-state index in [4.69, 9.17) is 0 Å². The van der Waals surface area contributed by atoms with Crippen LogP contribution in [0.25, 0.3) is 0 Å². The van der Waals surface area contributed by atoms with E-state index in [9.17, 15) is 18.0 Å². The van der Waals surface area contributed by atoms with E-state index in [-0.39, 0.29) is 6.04 Å². The van der Waals surface area contributed by atoms with Gasteiger partial charge in [-0.15, -0.1) is 0 Å². The van der Waals surface area contributed by atoms with Crippen LogP contribution in [0.1, 0.15) is 40.0 Å². The molecule has 0 heterocycles. The van der Waals surface area contributed by atoms with Crippen molar-refractivity contribution in [2.75, 3.05) is 13.1 Å². The molecule has 1 unspecified atom stereocenters. The van der Waals surface area contributed by atoms with E-state index in [2.05, 4.69) is 0 Å². The highest BCUT2D eigenvalue weighted by molar-refractivity contribution is 5.74. The topological polar surface area (TPSA) is 32.3 Å².